The summed E-state index contributed by atoms with van der Waals surface area (Å²) in [6, 6.07) is -1.61. The van der Waals surface area contributed by atoms with Gasteiger partial charge in [-0.3, -0.25) is 19.8 Å². The maximum atomic E-state index is 12.3. The highest BCUT2D eigenvalue weighted by atomic mass is 32.2. The fraction of sp³-hybridized carbons (Fsp3) is 0.727. The number of urea groups is 1. The molecule has 1 unspecified atom stereocenters. The van der Waals surface area contributed by atoms with E-state index in [9.17, 15) is 22.8 Å². The Morgan fingerprint density at radius 3 is 2.32 bits per heavy atom. The quantitative estimate of drug-likeness (QED) is 0.717. The Morgan fingerprint density at radius 1 is 1.32 bits per heavy atom. The molecule has 19 heavy (non-hydrogen) atoms. The van der Waals surface area contributed by atoms with E-state index < -0.39 is 39.1 Å². The number of nitrogens with one attached hydrogen (secondary N) is 1. The molecule has 2 aliphatic rings. The Bertz CT molecular complexity index is 549. The molecule has 1 saturated carbocycles. The zero-order valence-corrected chi connectivity index (χ0v) is 11.6. The van der Waals surface area contributed by atoms with E-state index in [0.717, 1.165) is 17.6 Å². The number of nitrogens with zero attached hydrogens (tertiary/aromatic N) is 1. The third-order valence-electron chi connectivity index (χ3n) is 3.69. The summed E-state index contributed by atoms with van der Waals surface area (Å²) in [5.41, 5.74) is -1.15. The second-order valence-corrected chi connectivity index (χ2v) is 7.50. The van der Waals surface area contributed by atoms with Gasteiger partial charge in [-0.1, -0.05) is 6.42 Å². The van der Waals surface area contributed by atoms with Gasteiger partial charge < -0.3 is 0 Å². The summed E-state index contributed by atoms with van der Waals surface area (Å²) < 4.78 is 22.5. The van der Waals surface area contributed by atoms with Gasteiger partial charge in [-0.2, -0.15) is 0 Å². The Balaban J connectivity index is 2.27. The summed E-state index contributed by atoms with van der Waals surface area (Å²) in [5, 5.41) is 2.15. The van der Waals surface area contributed by atoms with E-state index >= 15 is 0 Å². The monoisotopic (exact) mass is 288 g/mol. The molecule has 1 saturated heterocycles. The van der Waals surface area contributed by atoms with Crippen LogP contribution in [0.5, 0.6) is 0 Å². The molecule has 0 radical (unpaired) electrons. The molecule has 1 atom stereocenters. The fourth-order valence-corrected chi connectivity index (χ4v) is 3.61. The normalized spacial score (nSPS) is 24.1. The van der Waals surface area contributed by atoms with E-state index in [2.05, 4.69) is 5.32 Å². The molecular formula is C11H16N2O5S. The van der Waals surface area contributed by atoms with Crippen LogP contribution in [-0.4, -0.2) is 49.2 Å². The fourth-order valence-electron chi connectivity index (χ4n) is 2.58. The molecule has 1 aliphatic carbocycles. The topological polar surface area (TPSA) is 101 Å². The van der Waals surface area contributed by atoms with Gasteiger partial charge in [0.2, 0.25) is 11.8 Å². The second-order valence-electron chi connectivity index (χ2n) is 5.31. The van der Waals surface area contributed by atoms with Crippen molar-refractivity contribution < 1.29 is 22.8 Å². The molecule has 2 rings (SSSR count). The summed E-state index contributed by atoms with van der Waals surface area (Å²) in [6.07, 6.45) is 2.61. The highest BCUT2D eigenvalue weighted by Crippen LogP contribution is 2.44. The number of imide groups is 2. The third-order valence-corrected chi connectivity index (χ3v) is 4.78. The smallest absolute Gasteiger partial charge is 0.277 e. The van der Waals surface area contributed by atoms with Crippen molar-refractivity contribution in [2.75, 3.05) is 12.0 Å². The van der Waals surface area contributed by atoms with Gasteiger partial charge >= 0.3 is 6.03 Å². The second kappa shape index (κ2) is 4.29. The van der Waals surface area contributed by atoms with E-state index in [-0.39, 0.29) is 5.75 Å². The highest BCUT2D eigenvalue weighted by molar-refractivity contribution is 7.90. The lowest BCUT2D eigenvalue weighted by molar-refractivity contribution is -0.158. The molecule has 0 aromatic heterocycles. The van der Waals surface area contributed by atoms with Crippen LogP contribution in [0.4, 0.5) is 4.79 Å². The van der Waals surface area contributed by atoms with Crippen LogP contribution < -0.4 is 5.32 Å². The van der Waals surface area contributed by atoms with Crippen molar-refractivity contribution in [2.24, 2.45) is 5.41 Å². The standard InChI is InChI=1S/C11H16N2O5S/c1-7(6-19(2,17)18)13-9(15)11(4-3-5-11)8(14)12-10(13)16/h7H,3-6H2,1-2H3,(H,12,14,16). The summed E-state index contributed by atoms with van der Waals surface area (Å²) >= 11 is 0. The van der Waals surface area contributed by atoms with Gasteiger partial charge in [-0.15, -0.1) is 0 Å². The van der Waals surface area contributed by atoms with Crippen LogP contribution >= 0.6 is 0 Å². The Kier molecular flexibility index (Phi) is 3.16. The molecule has 8 heteroatoms. The summed E-state index contributed by atoms with van der Waals surface area (Å²) in [4.78, 5) is 36.7. The molecular weight excluding hydrogens is 272 g/mol. The Morgan fingerprint density at radius 2 is 1.89 bits per heavy atom. The first kappa shape index (κ1) is 14.0. The van der Waals surface area contributed by atoms with Crippen molar-refractivity contribution in [3.05, 3.63) is 0 Å². The maximum absolute atomic E-state index is 12.3. The molecule has 0 bridgehead atoms. The van der Waals surface area contributed by atoms with E-state index in [1.54, 1.807) is 0 Å². The number of rotatable bonds is 3. The van der Waals surface area contributed by atoms with Crippen LogP contribution in [0.25, 0.3) is 0 Å². The molecule has 0 aromatic carbocycles. The van der Waals surface area contributed by atoms with Gasteiger partial charge in [-0.25, -0.2) is 13.2 Å². The molecule has 2 fully saturated rings. The minimum absolute atomic E-state index is 0.309. The first-order valence-corrected chi connectivity index (χ1v) is 8.10. The molecule has 106 valence electrons. The first-order chi connectivity index (χ1) is 8.67. The minimum atomic E-state index is -3.32. The van der Waals surface area contributed by atoms with Gasteiger partial charge in [0.25, 0.3) is 0 Å². The number of sulfone groups is 1. The lowest BCUT2D eigenvalue weighted by Gasteiger charge is -2.46. The van der Waals surface area contributed by atoms with Crippen LogP contribution in [0.3, 0.4) is 0 Å². The van der Waals surface area contributed by atoms with E-state index in [1.165, 1.54) is 6.92 Å². The van der Waals surface area contributed by atoms with Crippen LogP contribution in [0.1, 0.15) is 26.2 Å². The predicted octanol–water partition coefficient (Wildman–Crippen LogP) is -0.332. The molecule has 1 aliphatic heterocycles. The molecule has 1 spiro atoms. The Hall–Kier alpha value is -1.44. The van der Waals surface area contributed by atoms with Crippen LogP contribution in [0.15, 0.2) is 0 Å². The Labute approximate surface area is 111 Å². The summed E-state index contributed by atoms with van der Waals surface area (Å²) in [5.74, 6) is -1.43. The van der Waals surface area contributed by atoms with Crippen molar-refractivity contribution in [3.8, 4) is 0 Å². The van der Waals surface area contributed by atoms with Crippen molar-refractivity contribution in [3.63, 3.8) is 0 Å². The predicted molar refractivity (Wildman–Crippen MR) is 65.8 cm³/mol. The van der Waals surface area contributed by atoms with Gasteiger partial charge in [0.05, 0.1) is 11.8 Å². The number of hydrogen-bond acceptors (Lipinski definition) is 5. The van der Waals surface area contributed by atoms with E-state index in [4.69, 9.17) is 0 Å². The number of amides is 4. The highest BCUT2D eigenvalue weighted by Gasteiger charge is 2.58. The molecule has 0 aromatic rings. The number of hydrogen-bond donors (Lipinski definition) is 1. The van der Waals surface area contributed by atoms with Crippen molar-refractivity contribution >= 4 is 27.7 Å². The van der Waals surface area contributed by atoms with Crippen molar-refractivity contribution in [1.29, 1.82) is 0 Å². The van der Waals surface area contributed by atoms with Gasteiger partial charge in [0.15, 0.2) is 0 Å². The molecule has 1 heterocycles. The number of carbonyl (C=O) groups excluding carboxylic acids is 3. The SMILES string of the molecule is CC(CS(C)(=O)=O)N1C(=O)NC(=O)C2(CCC2)C1=O. The average Bonchev–Trinajstić information content (AvgIpc) is 2.10. The summed E-state index contributed by atoms with van der Waals surface area (Å²) in [7, 11) is -3.32. The molecule has 1 N–H and O–H groups in total. The summed E-state index contributed by atoms with van der Waals surface area (Å²) in [6.45, 7) is 1.49. The lowest BCUT2D eigenvalue weighted by Crippen LogP contribution is -2.68. The average molecular weight is 288 g/mol. The number of carbonyl (C=O) groups is 3. The van der Waals surface area contributed by atoms with Gasteiger partial charge in [-0.05, 0) is 19.8 Å². The minimum Gasteiger partial charge on any atom is -0.277 e. The van der Waals surface area contributed by atoms with E-state index in [0.29, 0.717) is 12.8 Å². The van der Waals surface area contributed by atoms with Crippen molar-refractivity contribution in [2.45, 2.75) is 32.2 Å². The van der Waals surface area contributed by atoms with Gasteiger partial charge in [0.1, 0.15) is 15.3 Å². The molecule has 4 amide bonds. The van der Waals surface area contributed by atoms with Crippen molar-refractivity contribution in [1.82, 2.24) is 10.2 Å². The van der Waals surface area contributed by atoms with Crippen LogP contribution in [-0.2, 0) is 19.4 Å². The number of barbiturate groups is 1. The third kappa shape index (κ3) is 2.24. The zero-order chi connectivity index (χ0) is 14.4. The van der Waals surface area contributed by atoms with Crippen LogP contribution in [0, 0.1) is 5.41 Å². The molecule has 7 nitrogen and oxygen atoms in total. The largest absolute Gasteiger partial charge is 0.331 e. The zero-order valence-electron chi connectivity index (χ0n) is 10.8. The maximum Gasteiger partial charge on any atom is 0.331 e. The first-order valence-electron chi connectivity index (χ1n) is 6.04. The van der Waals surface area contributed by atoms with E-state index in [1.807, 2.05) is 0 Å². The van der Waals surface area contributed by atoms with Crippen LogP contribution in [0.2, 0.25) is 0 Å². The van der Waals surface area contributed by atoms with Gasteiger partial charge in [0, 0.05) is 6.26 Å². The lowest BCUT2D eigenvalue weighted by atomic mass is 9.66.